The molecule has 0 saturated heterocycles. The van der Waals surface area contributed by atoms with Crippen LogP contribution in [0, 0.1) is 10.8 Å². The molecule has 2 N–H and O–H groups in total. The molecule has 4 nitrogen and oxygen atoms in total. The normalized spacial score (nSPS) is 11.1. The average Bonchev–Trinajstić information content (AvgIpc) is 2.25. The zero-order valence-electron chi connectivity index (χ0n) is 12.5. The monoisotopic (exact) mass is 276 g/mol. The topological polar surface area (TPSA) is 58.2 Å². The quantitative estimate of drug-likeness (QED) is 0.495. The predicted octanol–water partition coefficient (Wildman–Crippen LogP) is 2.84. The van der Waals surface area contributed by atoms with Crippen molar-refractivity contribution >= 4 is 24.3 Å². The van der Waals surface area contributed by atoms with E-state index in [0.29, 0.717) is 19.5 Å². The molecule has 0 bridgehead atoms. The molecule has 0 spiro atoms. The Morgan fingerprint density at radius 3 is 1.94 bits per heavy atom. The second-order valence-corrected chi connectivity index (χ2v) is 6.07. The van der Waals surface area contributed by atoms with Gasteiger partial charge in [0.15, 0.2) is 0 Å². The molecular weight excluding hydrogens is 248 g/mol. The van der Waals surface area contributed by atoms with Gasteiger partial charge in [0.2, 0.25) is 6.41 Å². The van der Waals surface area contributed by atoms with Crippen LogP contribution in [0.4, 0.5) is 4.79 Å². The van der Waals surface area contributed by atoms with E-state index in [2.05, 4.69) is 51.0 Å². The summed E-state index contributed by atoms with van der Waals surface area (Å²) < 4.78 is 0. The Morgan fingerprint density at radius 2 is 1.56 bits per heavy atom. The van der Waals surface area contributed by atoms with Crippen LogP contribution in [0.2, 0.25) is 0 Å². The Labute approximate surface area is 117 Å². The number of hydrogen-bond acceptors (Lipinski definition) is 2. The summed E-state index contributed by atoms with van der Waals surface area (Å²) in [6.45, 7) is 13.6. The third-order valence-corrected chi connectivity index (χ3v) is 2.50. The number of nitrogens with one attached hydrogen (secondary N) is 2. The molecule has 2 amide bonds. The summed E-state index contributed by atoms with van der Waals surface area (Å²) in [5.74, 6) is 0. The van der Waals surface area contributed by atoms with Gasteiger partial charge in [-0.05, 0) is 17.3 Å². The second kappa shape index (κ2) is 9.25. The molecule has 0 aromatic rings. The van der Waals surface area contributed by atoms with E-state index in [0.717, 1.165) is 6.42 Å². The van der Waals surface area contributed by atoms with Crippen molar-refractivity contribution in [2.24, 2.45) is 10.8 Å². The largest absolute Gasteiger partial charge is 0.358 e. The number of rotatable bonds is 7. The summed E-state index contributed by atoms with van der Waals surface area (Å²) in [5, 5.41) is 5.08. The van der Waals surface area contributed by atoms with Crippen molar-refractivity contribution in [3.63, 3.8) is 0 Å². The Hall–Kier alpha value is -0.710. The summed E-state index contributed by atoms with van der Waals surface area (Å²) in [5.41, 5.74) is -0.0157. The van der Waals surface area contributed by atoms with Crippen LogP contribution in [0.3, 0.4) is 0 Å². The van der Waals surface area contributed by atoms with Crippen LogP contribution in [-0.4, -0.2) is 24.7 Å². The fourth-order valence-electron chi connectivity index (χ4n) is 2.05. The molecule has 0 fully saturated rings. The molecule has 0 radical (unpaired) electrons. The Morgan fingerprint density at radius 1 is 1.11 bits per heavy atom. The maximum absolute atomic E-state index is 10.7. The molecule has 0 rings (SSSR count). The van der Waals surface area contributed by atoms with Crippen LogP contribution in [0.1, 0.15) is 48.0 Å². The summed E-state index contributed by atoms with van der Waals surface area (Å²) in [6.07, 6.45) is 1.61. The zero-order chi connectivity index (χ0) is 14.8. The van der Waals surface area contributed by atoms with Crippen LogP contribution in [0.5, 0.6) is 0 Å². The van der Waals surface area contributed by atoms with Gasteiger partial charge < -0.3 is 10.6 Å². The lowest BCUT2D eigenvalue weighted by atomic mass is 9.75. The van der Waals surface area contributed by atoms with Crippen molar-refractivity contribution in [3.05, 3.63) is 0 Å². The Balaban J connectivity index is 0. The SMILES string of the molecule is CC.CC(C)(CNC=O)CC(C)(C)CNC(=O)S. The van der Waals surface area contributed by atoms with Crippen molar-refractivity contribution in [2.75, 3.05) is 13.1 Å². The summed E-state index contributed by atoms with van der Waals surface area (Å²) in [6, 6.07) is 0. The van der Waals surface area contributed by atoms with E-state index in [4.69, 9.17) is 0 Å². The number of thiol groups is 1. The van der Waals surface area contributed by atoms with Crippen LogP contribution < -0.4 is 10.6 Å². The first-order valence-corrected chi connectivity index (χ1v) is 6.77. The maximum Gasteiger partial charge on any atom is 0.275 e. The first-order valence-electron chi connectivity index (χ1n) is 6.32. The predicted molar refractivity (Wildman–Crippen MR) is 80.0 cm³/mol. The minimum absolute atomic E-state index is 0.00569. The molecule has 108 valence electrons. The average molecular weight is 276 g/mol. The van der Waals surface area contributed by atoms with Crippen LogP contribution in [0.15, 0.2) is 0 Å². The van der Waals surface area contributed by atoms with E-state index in [-0.39, 0.29) is 16.1 Å². The molecule has 0 aliphatic carbocycles. The van der Waals surface area contributed by atoms with Crippen LogP contribution in [0.25, 0.3) is 0 Å². The van der Waals surface area contributed by atoms with Crippen molar-refractivity contribution in [2.45, 2.75) is 48.0 Å². The Kier molecular flexibility index (Phi) is 10.1. The summed E-state index contributed by atoms with van der Waals surface area (Å²) in [4.78, 5) is 21.0. The number of amides is 2. The van der Waals surface area contributed by atoms with E-state index in [9.17, 15) is 9.59 Å². The minimum Gasteiger partial charge on any atom is -0.358 e. The van der Waals surface area contributed by atoms with E-state index in [1.807, 2.05) is 13.8 Å². The van der Waals surface area contributed by atoms with E-state index < -0.39 is 0 Å². The lowest BCUT2D eigenvalue weighted by Crippen LogP contribution is -2.38. The van der Waals surface area contributed by atoms with Gasteiger partial charge in [-0.1, -0.05) is 54.2 Å². The lowest BCUT2D eigenvalue weighted by molar-refractivity contribution is -0.110. The van der Waals surface area contributed by atoms with Crippen molar-refractivity contribution in [1.29, 1.82) is 0 Å². The molecule has 0 saturated carbocycles. The summed E-state index contributed by atoms with van der Waals surface area (Å²) >= 11 is 3.67. The first-order chi connectivity index (χ1) is 8.18. The number of hydrogen-bond donors (Lipinski definition) is 3. The van der Waals surface area contributed by atoms with Gasteiger partial charge >= 0.3 is 0 Å². The first kappa shape index (κ1) is 19.6. The lowest BCUT2D eigenvalue weighted by Gasteiger charge is -2.34. The van der Waals surface area contributed by atoms with Gasteiger partial charge in [0.25, 0.3) is 5.24 Å². The molecule has 5 heteroatoms. The van der Waals surface area contributed by atoms with Crippen molar-refractivity contribution < 1.29 is 9.59 Å². The molecule has 0 heterocycles. The van der Waals surface area contributed by atoms with Crippen LogP contribution >= 0.6 is 12.6 Å². The van der Waals surface area contributed by atoms with Crippen LogP contribution in [-0.2, 0) is 4.79 Å². The van der Waals surface area contributed by atoms with Crippen molar-refractivity contribution in [3.8, 4) is 0 Å². The second-order valence-electron chi connectivity index (χ2n) is 5.66. The highest BCUT2D eigenvalue weighted by Crippen LogP contribution is 2.32. The van der Waals surface area contributed by atoms with Gasteiger partial charge in [-0.25, -0.2) is 0 Å². The molecule has 18 heavy (non-hydrogen) atoms. The van der Waals surface area contributed by atoms with Gasteiger partial charge in [0.05, 0.1) is 0 Å². The third-order valence-electron chi connectivity index (χ3n) is 2.34. The standard InChI is InChI=1S/C11H22N2O2S.C2H6/c1-10(2,6-12-8-14)5-11(3,4)7-13-9(15)16;1-2/h8H,5-7H2,1-4H3,(H,12,14)(H2,13,15,16);1-2H3. The molecular formula is C13H28N2O2S. The van der Waals surface area contributed by atoms with E-state index in [1.54, 1.807) is 0 Å². The van der Waals surface area contributed by atoms with Gasteiger partial charge in [-0.3, -0.25) is 9.59 Å². The molecule has 0 aromatic carbocycles. The van der Waals surface area contributed by atoms with E-state index >= 15 is 0 Å². The fraction of sp³-hybridized carbons (Fsp3) is 0.846. The van der Waals surface area contributed by atoms with Gasteiger partial charge in [0, 0.05) is 13.1 Å². The maximum atomic E-state index is 10.7. The molecule has 0 atom stereocenters. The van der Waals surface area contributed by atoms with Gasteiger partial charge in [-0.15, -0.1) is 0 Å². The minimum atomic E-state index is -0.308. The van der Waals surface area contributed by atoms with Gasteiger partial charge in [0.1, 0.15) is 0 Å². The molecule has 0 aliphatic rings. The number of carbonyl (C=O) groups excluding carboxylic acids is 2. The fourth-order valence-corrected chi connectivity index (χ4v) is 2.13. The smallest absolute Gasteiger partial charge is 0.275 e. The highest BCUT2D eigenvalue weighted by molar-refractivity contribution is 7.96. The highest BCUT2D eigenvalue weighted by atomic mass is 32.1. The summed E-state index contributed by atoms with van der Waals surface area (Å²) in [7, 11) is 0. The van der Waals surface area contributed by atoms with Gasteiger partial charge in [-0.2, -0.15) is 0 Å². The Bertz CT molecular complexity index is 253. The highest BCUT2D eigenvalue weighted by Gasteiger charge is 2.28. The van der Waals surface area contributed by atoms with Crippen molar-refractivity contribution in [1.82, 2.24) is 10.6 Å². The number of carbonyl (C=O) groups is 2. The zero-order valence-corrected chi connectivity index (χ0v) is 13.4. The third kappa shape index (κ3) is 11.8. The molecule has 0 aliphatic heterocycles. The molecule has 0 unspecified atom stereocenters. The van der Waals surface area contributed by atoms with E-state index in [1.165, 1.54) is 0 Å². The molecule has 0 aromatic heterocycles.